The lowest BCUT2D eigenvalue weighted by Gasteiger charge is -2.07. The van der Waals surface area contributed by atoms with Crippen molar-refractivity contribution in [2.24, 2.45) is 7.05 Å². The van der Waals surface area contributed by atoms with Crippen molar-refractivity contribution in [1.82, 2.24) is 9.78 Å². The highest BCUT2D eigenvalue weighted by molar-refractivity contribution is 6.31. The molecule has 6 nitrogen and oxygen atoms in total. The molecule has 0 unspecified atom stereocenters. The van der Waals surface area contributed by atoms with Crippen molar-refractivity contribution in [2.45, 2.75) is 26.3 Å². The number of hydrogen-bond donors (Lipinski definition) is 1. The van der Waals surface area contributed by atoms with Crippen molar-refractivity contribution < 1.29 is 4.92 Å². The Labute approximate surface area is 127 Å². The minimum Gasteiger partial charge on any atom is -0.360 e. The van der Waals surface area contributed by atoms with Gasteiger partial charge in [0, 0.05) is 24.5 Å². The van der Waals surface area contributed by atoms with Crippen molar-refractivity contribution in [2.75, 3.05) is 5.32 Å². The zero-order valence-electron chi connectivity index (χ0n) is 12.1. The molecule has 2 aromatic rings. The standard InChI is InChI=1S/C14H17ClN4O2/c1-9(2)12-13(19(20)21)14(18(3)17-12)16-8-10-6-4-5-7-11(10)15/h4-7,9,16H,8H2,1-3H3. The Kier molecular flexibility index (Phi) is 4.47. The van der Waals surface area contributed by atoms with Gasteiger partial charge in [0.1, 0.15) is 5.69 Å². The molecule has 0 spiro atoms. The Morgan fingerprint density at radius 3 is 2.67 bits per heavy atom. The maximum Gasteiger partial charge on any atom is 0.334 e. The number of aromatic nitrogens is 2. The first-order valence-corrected chi connectivity index (χ1v) is 6.98. The summed E-state index contributed by atoms with van der Waals surface area (Å²) in [7, 11) is 1.69. The van der Waals surface area contributed by atoms with Gasteiger partial charge in [0.05, 0.1) is 4.92 Å². The number of rotatable bonds is 5. The lowest BCUT2D eigenvalue weighted by atomic mass is 10.1. The van der Waals surface area contributed by atoms with Crippen LogP contribution in [0.15, 0.2) is 24.3 Å². The van der Waals surface area contributed by atoms with E-state index in [9.17, 15) is 10.1 Å². The summed E-state index contributed by atoms with van der Waals surface area (Å²) in [5.74, 6) is 0.371. The lowest BCUT2D eigenvalue weighted by molar-refractivity contribution is -0.384. The molecule has 21 heavy (non-hydrogen) atoms. The number of aryl methyl sites for hydroxylation is 1. The summed E-state index contributed by atoms with van der Waals surface area (Å²) in [6.45, 7) is 4.16. The number of nitrogens with one attached hydrogen (secondary N) is 1. The molecule has 0 fully saturated rings. The quantitative estimate of drug-likeness (QED) is 0.675. The largest absolute Gasteiger partial charge is 0.360 e. The van der Waals surface area contributed by atoms with Gasteiger partial charge in [0.25, 0.3) is 0 Å². The van der Waals surface area contributed by atoms with E-state index >= 15 is 0 Å². The van der Waals surface area contributed by atoms with Crippen LogP contribution in [-0.4, -0.2) is 14.7 Å². The molecule has 0 bridgehead atoms. The highest BCUT2D eigenvalue weighted by Crippen LogP contribution is 2.33. The van der Waals surface area contributed by atoms with Gasteiger partial charge in [-0.15, -0.1) is 0 Å². The zero-order valence-corrected chi connectivity index (χ0v) is 12.9. The molecule has 0 aliphatic heterocycles. The van der Waals surface area contributed by atoms with E-state index in [1.807, 2.05) is 32.0 Å². The molecule has 1 aromatic heterocycles. The molecule has 0 aliphatic rings. The van der Waals surface area contributed by atoms with Crippen molar-refractivity contribution in [1.29, 1.82) is 0 Å². The van der Waals surface area contributed by atoms with E-state index in [4.69, 9.17) is 11.6 Å². The number of hydrogen-bond acceptors (Lipinski definition) is 4. The molecule has 112 valence electrons. The van der Waals surface area contributed by atoms with E-state index in [1.165, 1.54) is 4.68 Å². The smallest absolute Gasteiger partial charge is 0.334 e. The molecule has 0 saturated heterocycles. The summed E-state index contributed by atoms with van der Waals surface area (Å²) >= 11 is 6.09. The first-order valence-electron chi connectivity index (χ1n) is 6.60. The van der Waals surface area contributed by atoms with Gasteiger partial charge in [0.2, 0.25) is 5.82 Å². The minimum atomic E-state index is -0.392. The molecule has 1 aromatic carbocycles. The number of anilines is 1. The Balaban J connectivity index is 2.32. The van der Waals surface area contributed by atoms with Gasteiger partial charge in [-0.25, -0.2) is 4.68 Å². The lowest BCUT2D eigenvalue weighted by Crippen LogP contribution is -2.06. The number of nitro groups is 1. The Bertz CT molecular complexity index is 667. The predicted octanol–water partition coefficient (Wildman–Crippen LogP) is 3.72. The van der Waals surface area contributed by atoms with Crippen molar-refractivity contribution >= 4 is 23.1 Å². The summed E-state index contributed by atoms with van der Waals surface area (Å²) in [5, 5.41) is 19.3. The van der Waals surface area contributed by atoms with E-state index in [-0.39, 0.29) is 11.6 Å². The van der Waals surface area contributed by atoms with E-state index in [0.29, 0.717) is 23.1 Å². The molecule has 1 heterocycles. The first kappa shape index (κ1) is 15.3. The fraction of sp³-hybridized carbons (Fsp3) is 0.357. The number of benzene rings is 1. The molecule has 0 saturated carbocycles. The maximum absolute atomic E-state index is 11.3. The topological polar surface area (TPSA) is 73.0 Å². The molecule has 2 rings (SSSR count). The van der Waals surface area contributed by atoms with Crippen LogP contribution in [0.4, 0.5) is 11.5 Å². The average Bonchev–Trinajstić information content (AvgIpc) is 2.75. The fourth-order valence-corrected chi connectivity index (χ4v) is 2.32. The Morgan fingerprint density at radius 1 is 1.43 bits per heavy atom. The van der Waals surface area contributed by atoms with Gasteiger partial charge < -0.3 is 5.32 Å². The third-order valence-electron chi connectivity index (χ3n) is 3.18. The van der Waals surface area contributed by atoms with Crippen molar-refractivity contribution in [3.05, 3.63) is 50.7 Å². The molecular formula is C14H17ClN4O2. The molecular weight excluding hydrogens is 292 g/mol. The Morgan fingerprint density at radius 2 is 2.10 bits per heavy atom. The van der Waals surface area contributed by atoms with Crippen LogP contribution < -0.4 is 5.32 Å². The van der Waals surface area contributed by atoms with E-state index in [2.05, 4.69) is 10.4 Å². The summed E-state index contributed by atoms with van der Waals surface area (Å²) in [4.78, 5) is 10.9. The number of halogens is 1. The zero-order chi connectivity index (χ0) is 15.6. The van der Waals surface area contributed by atoms with Crippen LogP contribution in [0.3, 0.4) is 0 Å². The summed E-state index contributed by atoms with van der Waals surface area (Å²) in [5.41, 5.74) is 1.38. The highest BCUT2D eigenvalue weighted by atomic mass is 35.5. The SMILES string of the molecule is CC(C)c1nn(C)c(NCc2ccccc2Cl)c1[N+](=O)[O-]. The maximum atomic E-state index is 11.3. The minimum absolute atomic E-state index is 0.0209. The van der Waals surface area contributed by atoms with Crippen molar-refractivity contribution in [3.8, 4) is 0 Å². The average molecular weight is 309 g/mol. The third-order valence-corrected chi connectivity index (χ3v) is 3.55. The highest BCUT2D eigenvalue weighted by Gasteiger charge is 2.28. The van der Waals surface area contributed by atoms with Crippen molar-refractivity contribution in [3.63, 3.8) is 0 Å². The van der Waals surface area contributed by atoms with E-state index in [1.54, 1.807) is 13.1 Å². The van der Waals surface area contributed by atoms with Gasteiger partial charge >= 0.3 is 5.69 Å². The predicted molar refractivity (Wildman–Crippen MR) is 82.7 cm³/mol. The van der Waals surface area contributed by atoms with Crippen LogP contribution in [-0.2, 0) is 13.6 Å². The molecule has 1 N–H and O–H groups in total. The molecule has 7 heteroatoms. The normalized spacial score (nSPS) is 10.9. The van der Waals surface area contributed by atoms with Crippen LogP contribution in [0.25, 0.3) is 0 Å². The summed E-state index contributed by atoms with van der Waals surface area (Å²) in [6.07, 6.45) is 0. The van der Waals surface area contributed by atoms with Gasteiger partial charge in [-0.05, 0) is 11.6 Å². The summed E-state index contributed by atoms with van der Waals surface area (Å²) < 4.78 is 1.50. The van der Waals surface area contributed by atoms with E-state index < -0.39 is 4.92 Å². The third kappa shape index (κ3) is 3.16. The first-order chi connectivity index (χ1) is 9.91. The molecule has 0 radical (unpaired) electrons. The molecule has 0 amide bonds. The van der Waals surface area contributed by atoms with Gasteiger partial charge in [0.15, 0.2) is 0 Å². The van der Waals surface area contributed by atoms with Crippen LogP contribution in [0.5, 0.6) is 0 Å². The second-order valence-electron chi connectivity index (χ2n) is 5.06. The second-order valence-corrected chi connectivity index (χ2v) is 5.47. The van der Waals surface area contributed by atoms with E-state index in [0.717, 1.165) is 5.56 Å². The monoisotopic (exact) mass is 308 g/mol. The van der Waals surface area contributed by atoms with Crippen LogP contribution >= 0.6 is 11.6 Å². The van der Waals surface area contributed by atoms with Gasteiger partial charge in [-0.1, -0.05) is 43.6 Å². The summed E-state index contributed by atoms with van der Waals surface area (Å²) in [6, 6.07) is 7.38. The van der Waals surface area contributed by atoms with Crippen LogP contribution in [0.1, 0.15) is 31.0 Å². The van der Waals surface area contributed by atoms with Gasteiger partial charge in [-0.3, -0.25) is 10.1 Å². The molecule has 0 atom stereocenters. The fourth-order valence-electron chi connectivity index (χ4n) is 2.12. The van der Waals surface area contributed by atoms with Crippen LogP contribution in [0.2, 0.25) is 5.02 Å². The van der Waals surface area contributed by atoms with Crippen LogP contribution in [0, 0.1) is 10.1 Å². The Hall–Kier alpha value is -2.08. The van der Waals surface area contributed by atoms with Gasteiger partial charge in [-0.2, -0.15) is 5.10 Å². The molecule has 0 aliphatic carbocycles. The number of nitrogens with zero attached hydrogens (tertiary/aromatic N) is 3. The second kappa shape index (κ2) is 6.13.